The van der Waals surface area contributed by atoms with Gasteiger partial charge in [0.1, 0.15) is 28.5 Å². The highest BCUT2D eigenvalue weighted by molar-refractivity contribution is 7.10. The van der Waals surface area contributed by atoms with Crippen molar-refractivity contribution in [2.24, 2.45) is 5.41 Å². The molecular weight excluding hydrogens is 374 g/mol. The van der Waals surface area contributed by atoms with Gasteiger partial charge in [0.05, 0.1) is 31.5 Å². The highest BCUT2D eigenvalue weighted by Crippen LogP contribution is 2.47. The number of thiazole rings is 1. The summed E-state index contributed by atoms with van der Waals surface area (Å²) in [5.74, 6) is -1.18. The Morgan fingerprint density at radius 3 is 2.89 bits per heavy atom. The summed E-state index contributed by atoms with van der Waals surface area (Å²) in [5, 5.41) is 2.36. The van der Waals surface area contributed by atoms with E-state index in [1.807, 2.05) is 11.8 Å². The van der Waals surface area contributed by atoms with E-state index in [1.165, 1.54) is 18.4 Å². The summed E-state index contributed by atoms with van der Waals surface area (Å²) >= 11 is 1.33. The number of benzene rings is 1. The van der Waals surface area contributed by atoms with Gasteiger partial charge in [0.15, 0.2) is 0 Å². The first-order valence-electron chi connectivity index (χ1n) is 8.81. The van der Waals surface area contributed by atoms with E-state index in [0.29, 0.717) is 30.4 Å². The number of aromatic nitrogens is 1. The number of halogens is 2. The second-order valence-electron chi connectivity index (χ2n) is 7.21. The molecule has 1 atom stereocenters. The normalized spacial score (nSPS) is 21.2. The molecule has 0 N–H and O–H groups in total. The zero-order valence-corrected chi connectivity index (χ0v) is 15.9. The van der Waals surface area contributed by atoms with Crippen LogP contribution in [0.25, 0.3) is 11.3 Å². The van der Waals surface area contributed by atoms with Crippen LogP contribution in [0.1, 0.15) is 30.9 Å². The zero-order valence-electron chi connectivity index (χ0n) is 15.1. The molecular formula is C19H20F2N2O3S. The van der Waals surface area contributed by atoms with E-state index in [9.17, 15) is 13.6 Å². The van der Waals surface area contributed by atoms with Gasteiger partial charge in [0, 0.05) is 29.5 Å². The first kappa shape index (κ1) is 18.3. The van der Waals surface area contributed by atoms with E-state index < -0.39 is 11.6 Å². The van der Waals surface area contributed by atoms with E-state index in [2.05, 4.69) is 4.98 Å². The van der Waals surface area contributed by atoms with E-state index in [0.717, 1.165) is 25.0 Å². The number of amides is 1. The molecule has 0 bridgehead atoms. The number of methoxy groups -OCH3 is 1. The third-order valence-electron chi connectivity index (χ3n) is 5.16. The largest absolute Gasteiger partial charge is 0.496 e. The van der Waals surface area contributed by atoms with Crippen LogP contribution in [-0.2, 0) is 9.53 Å². The third-order valence-corrected chi connectivity index (χ3v) is 6.10. The van der Waals surface area contributed by atoms with Crippen molar-refractivity contribution in [1.29, 1.82) is 0 Å². The SMILES string of the molecule is COc1cc(F)cc(F)c1-c1csc([C@H]2CN(C(=O)C3(C)CC3)CCO2)n1. The fourth-order valence-corrected chi connectivity index (χ4v) is 4.12. The number of carbonyl (C=O) groups is 1. The highest BCUT2D eigenvalue weighted by atomic mass is 32.1. The van der Waals surface area contributed by atoms with E-state index in [1.54, 1.807) is 5.38 Å². The molecule has 1 saturated carbocycles. The second-order valence-corrected chi connectivity index (χ2v) is 8.10. The van der Waals surface area contributed by atoms with Gasteiger partial charge in [-0.25, -0.2) is 13.8 Å². The minimum Gasteiger partial charge on any atom is -0.496 e. The van der Waals surface area contributed by atoms with Crippen molar-refractivity contribution in [2.45, 2.75) is 25.9 Å². The van der Waals surface area contributed by atoms with Gasteiger partial charge in [-0.1, -0.05) is 6.92 Å². The average molecular weight is 394 g/mol. The predicted octanol–water partition coefficient (Wildman–Crippen LogP) is 3.80. The van der Waals surface area contributed by atoms with Crippen LogP contribution in [0.5, 0.6) is 5.75 Å². The van der Waals surface area contributed by atoms with Crippen molar-refractivity contribution < 1.29 is 23.0 Å². The first-order valence-corrected chi connectivity index (χ1v) is 9.69. The van der Waals surface area contributed by atoms with Crippen LogP contribution in [0, 0.1) is 17.0 Å². The van der Waals surface area contributed by atoms with Crippen LogP contribution >= 0.6 is 11.3 Å². The number of hydrogen-bond donors (Lipinski definition) is 0. The number of morpholine rings is 1. The molecule has 4 rings (SSSR count). The molecule has 0 unspecified atom stereocenters. The van der Waals surface area contributed by atoms with Gasteiger partial charge in [-0.2, -0.15) is 0 Å². The zero-order chi connectivity index (χ0) is 19.2. The number of nitrogens with zero attached hydrogens (tertiary/aromatic N) is 2. The molecule has 2 aliphatic rings. The molecule has 1 aliphatic carbocycles. The van der Waals surface area contributed by atoms with Crippen LogP contribution < -0.4 is 4.74 Å². The summed E-state index contributed by atoms with van der Waals surface area (Å²) < 4.78 is 38.6. The molecule has 2 aromatic rings. The number of carbonyl (C=O) groups excluding carboxylic acids is 1. The molecule has 8 heteroatoms. The van der Waals surface area contributed by atoms with Crippen LogP contribution in [0.4, 0.5) is 8.78 Å². The van der Waals surface area contributed by atoms with Gasteiger partial charge in [-0.05, 0) is 12.8 Å². The number of hydrogen-bond acceptors (Lipinski definition) is 5. The molecule has 1 saturated heterocycles. The van der Waals surface area contributed by atoms with Gasteiger partial charge in [0.2, 0.25) is 5.91 Å². The predicted molar refractivity (Wildman–Crippen MR) is 96.6 cm³/mol. The molecule has 1 aromatic carbocycles. The fourth-order valence-electron chi connectivity index (χ4n) is 3.28. The molecule has 1 aromatic heterocycles. The van der Waals surface area contributed by atoms with E-state index in [4.69, 9.17) is 9.47 Å². The van der Waals surface area contributed by atoms with Gasteiger partial charge in [-0.15, -0.1) is 11.3 Å². The Labute approximate surface area is 159 Å². The lowest BCUT2D eigenvalue weighted by atomic mass is 10.1. The number of rotatable bonds is 4. The van der Waals surface area contributed by atoms with Gasteiger partial charge in [0.25, 0.3) is 0 Å². The second kappa shape index (κ2) is 6.83. The standard InChI is InChI=1S/C19H20F2N2O3S/c1-19(3-4-19)18(24)23-5-6-26-15(9-23)17-22-13(10-27-17)16-12(21)7-11(20)8-14(16)25-2/h7-8,10,15H,3-6,9H2,1-2H3/t15-/m1/s1. The minimum atomic E-state index is -0.730. The van der Waals surface area contributed by atoms with Gasteiger partial charge in [-0.3, -0.25) is 4.79 Å². The summed E-state index contributed by atoms with van der Waals surface area (Å²) in [6, 6.07) is 1.94. The Bertz CT molecular complexity index is 882. The maximum atomic E-state index is 14.3. The van der Waals surface area contributed by atoms with Crippen LogP contribution in [0.3, 0.4) is 0 Å². The first-order chi connectivity index (χ1) is 12.9. The molecule has 0 radical (unpaired) electrons. The molecule has 144 valence electrons. The van der Waals surface area contributed by atoms with Crippen molar-refractivity contribution in [1.82, 2.24) is 9.88 Å². The Balaban J connectivity index is 1.57. The van der Waals surface area contributed by atoms with Crippen molar-refractivity contribution in [2.75, 3.05) is 26.8 Å². The lowest BCUT2D eigenvalue weighted by Crippen LogP contribution is -2.45. The Kier molecular flexibility index (Phi) is 4.63. The quantitative estimate of drug-likeness (QED) is 0.792. The molecule has 0 spiro atoms. The van der Waals surface area contributed by atoms with Crippen molar-refractivity contribution in [3.63, 3.8) is 0 Å². The molecule has 1 amide bonds. The summed E-state index contributed by atoms with van der Waals surface area (Å²) in [6.07, 6.45) is 1.51. The minimum absolute atomic E-state index is 0.0902. The topological polar surface area (TPSA) is 51.7 Å². The smallest absolute Gasteiger partial charge is 0.228 e. The molecule has 2 heterocycles. The van der Waals surface area contributed by atoms with Crippen molar-refractivity contribution in [3.05, 3.63) is 34.2 Å². The van der Waals surface area contributed by atoms with E-state index >= 15 is 0 Å². The Morgan fingerprint density at radius 2 is 2.19 bits per heavy atom. The van der Waals surface area contributed by atoms with Crippen LogP contribution in [-0.4, -0.2) is 42.6 Å². The maximum Gasteiger partial charge on any atom is 0.228 e. The Morgan fingerprint density at radius 1 is 1.41 bits per heavy atom. The van der Waals surface area contributed by atoms with Crippen molar-refractivity contribution >= 4 is 17.2 Å². The molecule has 2 fully saturated rings. The van der Waals surface area contributed by atoms with Crippen LogP contribution in [0.2, 0.25) is 0 Å². The summed E-state index contributed by atoms with van der Waals surface area (Å²) in [7, 11) is 1.36. The Hall–Kier alpha value is -2.06. The van der Waals surface area contributed by atoms with Crippen LogP contribution in [0.15, 0.2) is 17.5 Å². The van der Waals surface area contributed by atoms with Crippen molar-refractivity contribution in [3.8, 4) is 17.0 Å². The lowest BCUT2D eigenvalue weighted by Gasteiger charge is -2.33. The van der Waals surface area contributed by atoms with E-state index in [-0.39, 0.29) is 28.7 Å². The molecule has 27 heavy (non-hydrogen) atoms. The lowest BCUT2D eigenvalue weighted by molar-refractivity contribution is -0.144. The average Bonchev–Trinajstić information content (AvgIpc) is 3.22. The molecule has 1 aliphatic heterocycles. The van der Waals surface area contributed by atoms with Gasteiger partial charge < -0.3 is 14.4 Å². The summed E-state index contributed by atoms with van der Waals surface area (Å²) in [5.41, 5.74) is 0.266. The summed E-state index contributed by atoms with van der Waals surface area (Å²) in [4.78, 5) is 18.9. The third kappa shape index (κ3) is 3.43. The van der Waals surface area contributed by atoms with Gasteiger partial charge >= 0.3 is 0 Å². The monoisotopic (exact) mass is 394 g/mol. The highest BCUT2D eigenvalue weighted by Gasteiger charge is 2.48. The molecule has 5 nitrogen and oxygen atoms in total. The maximum absolute atomic E-state index is 14.3. The summed E-state index contributed by atoms with van der Waals surface area (Å²) in [6.45, 7) is 3.44. The number of ether oxygens (including phenoxy) is 2. The fraction of sp³-hybridized carbons (Fsp3) is 0.474.